The van der Waals surface area contributed by atoms with Crippen molar-refractivity contribution >= 4 is 21.8 Å². The van der Waals surface area contributed by atoms with Crippen LogP contribution in [0.15, 0.2) is 79.0 Å². The number of aromatic nitrogens is 2. The molecule has 0 aliphatic heterocycles. The van der Waals surface area contributed by atoms with Crippen molar-refractivity contribution in [1.29, 1.82) is 0 Å². The molecular formula is C27H24FN3O3S. The largest absolute Gasteiger partial charge is 0.324 e. The molecule has 0 unspecified atom stereocenters. The highest BCUT2D eigenvalue weighted by Gasteiger charge is 2.27. The van der Waals surface area contributed by atoms with Gasteiger partial charge in [0.15, 0.2) is 0 Å². The molecule has 4 aromatic rings. The fourth-order valence-electron chi connectivity index (χ4n) is 4.38. The number of nitrogens with zero attached hydrogens (tertiary/aromatic N) is 2. The highest BCUT2D eigenvalue weighted by molar-refractivity contribution is 7.85. The first-order valence-corrected chi connectivity index (χ1v) is 13.1. The molecule has 0 bridgehead atoms. The number of benzene rings is 3. The lowest BCUT2D eigenvalue weighted by Crippen LogP contribution is -2.15. The van der Waals surface area contributed by atoms with E-state index in [0.717, 1.165) is 51.9 Å². The predicted molar refractivity (Wildman–Crippen MR) is 134 cm³/mol. The second-order valence-electron chi connectivity index (χ2n) is 8.56. The van der Waals surface area contributed by atoms with E-state index in [9.17, 15) is 12.8 Å². The van der Waals surface area contributed by atoms with Gasteiger partial charge < -0.3 is 5.32 Å². The molecule has 35 heavy (non-hydrogen) atoms. The van der Waals surface area contributed by atoms with Crippen LogP contribution in [0.5, 0.6) is 0 Å². The number of rotatable bonds is 7. The molecule has 6 nitrogen and oxygen atoms in total. The van der Waals surface area contributed by atoms with Gasteiger partial charge >= 0.3 is 0 Å². The van der Waals surface area contributed by atoms with Crippen molar-refractivity contribution in [2.24, 2.45) is 0 Å². The van der Waals surface area contributed by atoms with Crippen molar-refractivity contribution in [2.45, 2.75) is 18.8 Å². The maximum absolute atomic E-state index is 13.5. The third-order valence-electron chi connectivity index (χ3n) is 6.05. The predicted octanol–water partition coefficient (Wildman–Crippen LogP) is 5.23. The fourth-order valence-corrected chi connectivity index (χ4v) is 4.77. The van der Waals surface area contributed by atoms with Crippen LogP contribution in [0.1, 0.15) is 28.2 Å². The van der Waals surface area contributed by atoms with Gasteiger partial charge in [-0.1, -0.05) is 48.5 Å². The molecule has 5 rings (SSSR count). The van der Waals surface area contributed by atoms with Gasteiger partial charge in [-0.2, -0.15) is 8.42 Å². The van der Waals surface area contributed by atoms with Gasteiger partial charge in [0.05, 0.1) is 18.6 Å². The minimum Gasteiger partial charge on any atom is -0.324 e. The Kier molecular flexibility index (Phi) is 6.32. The van der Waals surface area contributed by atoms with Crippen LogP contribution in [0.4, 0.5) is 16.0 Å². The van der Waals surface area contributed by atoms with Gasteiger partial charge in [-0.3, -0.25) is 4.18 Å². The Hall–Kier alpha value is -3.62. The van der Waals surface area contributed by atoms with Crippen LogP contribution in [0.2, 0.25) is 0 Å². The van der Waals surface area contributed by atoms with E-state index >= 15 is 0 Å². The molecule has 3 aromatic carbocycles. The number of hydrogen-bond donors (Lipinski definition) is 1. The van der Waals surface area contributed by atoms with E-state index in [1.54, 1.807) is 0 Å². The summed E-state index contributed by atoms with van der Waals surface area (Å²) in [5, 5.41) is 3.25. The third kappa shape index (κ3) is 5.39. The molecule has 0 amide bonds. The van der Waals surface area contributed by atoms with Crippen LogP contribution in [0.3, 0.4) is 0 Å². The van der Waals surface area contributed by atoms with Crippen molar-refractivity contribution in [2.75, 3.05) is 18.2 Å². The SMILES string of the molecule is CS(=O)(=O)OCCc1ccc(Nc2ncc3c(n2)-c2ccccc2[C@H](c2ccc(F)cc2)C3)cc1. The van der Waals surface area contributed by atoms with Gasteiger partial charge in [0, 0.05) is 23.4 Å². The molecule has 1 heterocycles. The summed E-state index contributed by atoms with van der Waals surface area (Å²) in [7, 11) is -3.44. The summed E-state index contributed by atoms with van der Waals surface area (Å²) in [5.74, 6) is 0.362. The van der Waals surface area contributed by atoms with Crippen LogP contribution in [0.25, 0.3) is 11.3 Å². The molecule has 8 heteroatoms. The molecule has 1 aliphatic carbocycles. The van der Waals surface area contributed by atoms with E-state index in [-0.39, 0.29) is 18.3 Å². The van der Waals surface area contributed by atoms with E-state index in [4.69, 9.17) is 9.17 Å². The van der Waals surface area contributed by atoms with Crippen LogP contribution in [0, 0.1) is 5.82 Å². The lowest BCUT2D eigenvalue weighted by molar-refractivity contribution is 0.326. The molecule has 178 valence electrons. The maximum atomic E-state index is 13.5. The summed E-state index contributed by atoms with van der Waals surface area (Å²) in [5.41, 5.74) is 7.01. The quantitative estimate of drug-likeness (QED) is 0.358. The molecule has 1 aromatic heterocycles. The van der Waals surface area contributed by atoms with Crippen molar-refractivity contribution in [3.8, 4) is 11.3 Å². The van der Waals surface area contributed by atoms with E-state index in [2.05, 4.69) is 22.4 Å². The Balaban J connectivity index is 1.36. The zero-order chi connectivity index (χ0) is 24.4. The number of anilines is 2. The van der Waals surface area contributed by atoms with Gasteiger partial charge in [-0.05, 0) is 59.4 Å². The average Bonchev–Trinajstić information content (AvgIpc) is 2.85. The van der Waals surface area contributed by atoms with Crippen LogP contribution in [-0.4, -0.2) is 31.2 Å². The standard InChI is InChI=1S/C27H24FN3O3S/c1-35(32,33)34-15-14-18-6-12-22(13-7-18)30-27-29-17-20-16-25(19-8-10-21(28)11-9-19)23-4-2-3-5-24(23)26(20)31-27/h2-13,17,25H,14-16H2,1H3,(H,29,30,31)/t25-/m0/s1. The highest BCUT2D eigenvalue weighted by atomic mass is 32.2. The average molecular weight is 490 g/mol. The molecule has 0 spiro atoms. The molecule has 0 saturated heterocycles. The van der Waals surface area contributed by atoms with E-state index < -0.39 is 10.1 Å². The monoisotopic (exact) mass is 489 g/mol. The smallest absolute Gasteiger partial charge is 0.264 e. The van der Waals surface area contributed by atoms with E-state index in [0.29, 0.717) is 12.4 Å². The maximum Gasteiger partial charge on any atom is 0.264 e. The summed E-state index contributed by atoms with van der Waals surface area (Å²) >= 11 is 0. The second-order valence-corrected chi connectivity index (χ2v) is 10.2. The summed E-state index contributed by atoms with van der Waals surface area (Å²) in [6, 6.07) is 22.5. The van der Waals surface area contributed by atoms with Crippen molar-refractivity contribution in [3.63, 3.8) is 0 Å². The van der Waals surface area contributed by atoms with Gasteiger partial charge in [0.1, 0.15) is 5.82 Å². The van der Waals surface area contributed by atoms with Crippen molar-refractivity contribution in [3.05, 3.63) is 107 Å². The Morgan fingerprint density at radius 2 is 1.77 bits per heavy atom. The van der Waals surface area contributed by atoms with Crippen LogP contribution >= 0.6 is 0 Å². The first-order valence-electron chi connectivity index (χ1n) is 11.3. The lowest BCUT2D eigenvalue weighted by atomic mass is 9.78. The van der Waals surface area contributed by atoms with Gasteiger partial charge in [0.25, 0.3) is 10.1 Å². The van der Waals surface area contributed by atoms with Gasteiger partial charge in [-0.25, -0.2) is 14.4 Å². The van der Waals surface area contributed by atoms with Gasteiger partial charge in [-0.15, -0.1) is 0 Å². The number of nitrogens with one attached hydrogen (secondary N) is 1. The van der Waals surface area contributed by atoms with Gasteiger partial charge in [0.2, 0.25) is 5.95 Å². The fraction of sp³-hybridized carbons (Fsp3) is 0.185. The summed E-state index contributed by atoms with van der Waals surface area (Å²) in [6.07, 6.45) is 4.13. The highest BCUT2D eigenvalue weighted by Crippen LogP contribution is 2.41. The summed E-state index contributed by atoms with van der Waals surface area (Å²) < 4.78 is 40.5. The van der Waals surface area contributed by atoms with E-state index in [1.807, 2.05) is 54.7 Å². The molecule has 1 atom stereocenters. The third-order valence-corrected chi connectivity index (χ3v) is 6.65. The zero-order valence-corrected chi connectivity index (χ0v) is 19.9. The first kappa shape index (κ1) is 23.1. The van der Waals surface area contributed by atoms with E-state index in [1.165, 1.54) is 12.1 Å². The lowest BCUT2D eigenvalue weighted by Gasteiger charge is -2.27. The first-order chi connectivity index (χ1) is 16.9. The molecule has 0 radical (unpaired) electrons. The van der Waals surface area contributed by atoms with Crippen molar-refractivity contribution < 1.29 is 17.0 Å². The molecule has 1 N–H and O–H groups in total. The molecular weight excluding hydrogens is 465 g/mol. The minimum atomic E-state index is -3.44. The normalized spacial score (nSPS) is 14.7. The summed E-state index contributed by atoms with van der Waals surface area (Å²) in [4.78, 5) is 9.35. The van der Waals surface area contributed by atoms with Crippen LogP contribution in [-0.2, 0) is 27.1 Å². The molecule has 0 saturated carbocycles. The Morgan fingerprint density at radius 1 is 1.03 bits per heavy atom. The van der Waals surface area contributed by atoms with Crippen LogP contribution < -0.4 is 5.32 Å². The Labute approximate surface area is 204 Å². The zero-order valence-electron chi connectivity index (χ0n) is 19.1. The Bertz CT molecular complexity index is 1460. The second kappa shape index (κ2) is 9.56. The minimum absolute atomic E-state index is 0.109. The Morgan fingerprint density at radius 3 is 2.51 bits per heavy atom. The number of halogens is 1. The summed E-state index contributed by atoms with van der Waals surface area (Å²) in [6.45, 7) is 0.109. The number of hydrogen-bond acceptors (Lipinski definition) is 6. The number of fused-ring (bicyclic) bond motifs is 3. The van der Waals surface area contributed by atoms with Crippen molar-refractivity contribution in [1.82, 2.24) is 9.97 Å². The molecule has 0 fully saturated rings. The topological polar surface area (TPSA) is 81.2 Å². The molecule has 1 aliphatic rings.